The quantitative estimate of drug-likeness (QED) is 0.297. The number of carboxylic acid groups (broad SMARTS) is 1. The second-order valence-electron chi connectivity index (χ2n) is 8.96. The molecule has 0 amide bonds. The molecule has 2 aromatic heterocycles. The summed E-state index contributed by atoms with van der Waals surface area (Å²) >= 11 is 1.62. The van der Waals surface area contributed by atoms with Crippen molar-refractivity contribution in [2.75, 3.05) is 26.7 Å². The Balaban J connectivity index is 1.42. The van der Waals surface area contributed by atoms with Crippen LogP contribution in [-0.2, 0) is 4.79 Å². The third kappa shape index (κ3) is 6.59. The van der Waals surface area contributed by atoms with Crippen molar-refractivity contribution < 1.29 is 19.8 Å². The van der Waals surface area contributed by atoms with Crippen molar-refractivity contribution in [2.45, 2.75) is 31.7 Å². The molecule has 1 aromatic carbocycles. The molecule has 35 heavy (non-hydrogen) atoms. The molecule has 8 heteroatoms. The molecule has 1 saturated heterocycles. The maximum absolute atomic E-state index is 11.6. The lowest BCUT2D eigenvalue weighted by Crippen LogP contribution is -2.41. The highest BCUT2D eigenvalue weighted by Gasteiger charge is 2.31. The number of aliphatic carboxylic acids is 1. The predicted octanol–water partition coefficient (Wildman–Crippen LogP) is 4.57. The smallest absolute Gasteiger partial charge is 0.303 e. The number of thiophene rings is 1. The number of hydroxylamine groups is 1. The Morgan fingerprint density at radius 1 is 1.34 bits per heavy atom. The Labute approximate surface area is 209 Å². The summed E-state index contributed by atoms with van der Waals surface area (Å²) in [6.07, 6.45) is 4.32. The van der Waals surface area contributed by atoms with Gasteiger partial charge in [0.05, 0.1) is 30.1 Å². The molecular weight excluding hydrogens is 462 g/mol. The molecule has 0 radical (unpaired) electrons. The van der Waals surface area contributed by atoms with Crippen LogP contribution in [0.3, 0.4) is 0 Å². The lowest BCUT2D eigenvalue weighted by Gasteiger charge is -2.38. The van der Waals surface area contributed by atoms with Crippen molar-refractivity contribution in [1.29, 1.82) is 0 Å². The summed E-state index contributed by atoms with van der Waals surface area (Å²) < 4.78 is 5.38. The van der Waals surface area contributed by atoms with E-state index in [0.717, 1.165) is 53.0 Å². The Morgan fingerprint density at radius 2 is 2.23 bits per heavy atom. The van der Waals surface area contributed by atoms with Gasteiger partial charge in [-0.25, -0.2) is 0 Å². The van der Waals surface area contributed by atoms with E-state index in [1.165, 1.54) is 0 Å². The highest BCUT2D eigenvalue weighted by Crippen LogP contribution is 2.34. The van der Waals surface area contributed by atoms with E-state index in [-0.39, 0.29) is 24.3 Å². The number of nitrogens with one attached hydrogen (secondary N) is 1. The number of fused-ring (bicyclic) bond motifs is 1. The van der Waals surface area contributed by atoms with Gasteiger partial charge in [0.2, 0.25) is 0 Å². The van der Waals surface area contributed by atoms with E-state index >= 15 is 0 Å². The number of ether oxygens (including phenoxy) is 1. The van der Waals surface area contributed by atoms with E-state index in [2.05, 4.69) is 27.2 Å². The van der Waals surface area contributed by atoms with Crippen molar-refractivity contribution in [2.24, 2.45) is 11.8 Å². The second kappa shape index (κ2) is 12.1. The van der Waals surface area contributed by atoms with E-state index in [4.69, 9.17) is 4.74 Å². The van der Waals surface area contributed by atoms with Gasteiger partial charge in [0.15, 0.2) is 0 Å². The largest absolute Gasteiger partial charge is 0.497 e. The average Bonchev–Trinajstić information content (AvgIpc) is 3.38. The van der Waals surface area contributed by atoms with Crippen molar-refractivity contribution in [1.82, 2.24) is 15.4 Å². The Kier molecular flexibility index (Phi) is 8.72. The van der Waals surface area contributed by atoms with Crippen LogP contribution in [0.15, 0.2) is 48.0 Å². The third-order valence-electron chi connectivity index (χ3n) is 6.79. The SMILES string of the molecule is COc1ccc2nccc(C(CC[C@@H]3CCN(CC#Cc4cccs4)C[C@@H]3CC(=O)O)NO)c2c1. The summed E-state index contributed by atoms with van der Waals surface area (Å²) in [6.45, 7) is 2.27. The van der Waals surface area contributed by atoms with E-state index in [1.807, 2.05) is 41.8 Å². The molecule has 1 unspecified atom stereocenters. The van der Waals surface area contributed by atoms with Gasteiger partial charge in [0.1, 0.15) is 5.75 Å². The Hall–Kier alpha value is -2.96. The molecular formula is C27H31N3O4S. The van der Waals surface area contributed by atoms with Crippen LogP contribution in [0, 0.1) is 23.7 Å². The minimum absolute atomic E-state index is 0.0541. The number of rotatable bonds is 9. The standard InChI is InChI=1S/C27H31N3O4S/c1-34-21-7-9-25-24(17-21)23(10-12-28-25)26(29-33)8-6-19-11-14-30(18-20(19)16-27(31)32)13-2-4-22-5-3-15-35-22/h3,5,7,9-10,12,15,17,19-20,26,29,33H,6,8,11,13-14,16,18H2,1H3,(H,31,32)/t19-,20+,26?/m1/s1. The normalized spacial score (nSPS) is 19.1. The maximum atomic E-state index is 11.6. The molecule has 3 aromatic rings. The molecule has 4 rings (SSSR count). The summed E-state index contributed by atoms with van der Waals surface area (Å²) in [5, 5.41) is 22.5. The highest BCUT2D eigenvalue weighted by atomic mass is 32.1. The van der Waals surface area contributed by atoms with Gasteiger partial charge in [-0.2, -0.15) is 5.48 Å². The van der Waals surface area contributed by atoms with Gasteiger partial charge in [0, 0.05) is 24.5 Å². The minimum atomic E-state index is -0.768. The fourth-order valence-electron chi connectivity index (χ4n) is 4.97. The van der Waals surface area contributed by atoms with Crippen LogP contribution in [0.1, 0.15) is 42.2 Å². The lowest BCUT2D eigenvalue weighted by atomic mass is 9.79. The monoisotopic (exact) mass is 493 g/mol. The van der Waals surface area contributed by atoms with Gasteiger partial charge in [-0.3, -0.25) is 14.7 Å². The van der Waals surface area contributed by atoms with Crippen LogP contribution < -0.4 is 10.2 Å². The van der Waals surface area contributed by atoms with Crippen molar-refractivity contribution in [3.8, 4) is 17.6 Å². The first-order valence-corrected chi connectivity index (χ1v) is 12.7. The number of carboxylic acids is 1. The molecule has 1 aliphatic rings. The molecule has 0 saturated carbocycles. The van der Waals surface area contributed by atoms with Crippen molar-refractivity contribution in [3.05, 3.63) is 58.4 Å². The van der Waals surface area contributed by atoms with Crippen LogP contribution in [0.5, 0.6) is 5.75 Å². The number of benzene rings is 1. The van der Waals surface area contributed by atoms with Crippen LogP contribution in [0.2, 0.25) is 0 Å². The number of piperidine rings is 1. The van der Waals surface area contributed by atoms with Gasteiger partial charge in [-0.1, -0.05) is 17.9 Å². The maximum Gasteiger partial charge on any atom is 0.303 e. The van der Waals surface area contributed by atoms with E-state index in [9.17, 15) is 15.1 Å². The van der Waals surface area contributed by atoms with Crippen LogP contribution in [0.4, 0.5) is 0 Å². The highest BCUT2D eigenvalue weighted by molar-refractivity contribution is 7.10. The fraction of sp³-hybridized carbons (Fsp3) is 0.407. The zero-order chi connectivity index (χ0) is 24.6. The number of pyridine rings is 1. The van der Waals surface area contributed by atoms with Crippen LogP contribution >= 0.6 is 11.3 Å². The molecule has 0 spiro atoms. The molecule has 1 fully saturated rings. The first-order chi connectivity index (χ1) is 17.1. The molecule has 1 aliphatic heterocycles. The number of likely N-dealkylation sites (tertiary alicyclic amines) is 1. The fourth-order valence-corrected chi connectivity index (χ4v) is 5.56. The first kappa shape index (κ1) is 25.1. The molecule has 0 aliphatic carbocycles. The lowest BCUT2D eigenvalue weighted by molar-refractivity contribution is -0.139. The Morgan fingerprint density at radius 3 is 2.97 bits per heavy atom. The minimum Gasteiger partial charge on any atom is -0.497 e. The van der Waals surface area contributed by atoms with Crippen molar-refractivity contribution >= 4 is 28.2 Å². The summed E-state index contributed by atoms with van der Waals surface area (Å²) in [4.78, 5) is 19.3. The predicted molar refractivity (Wildman–Crippen MR) is 137 cm³/mol. The topological polar surface area (TPSA) is 94.9 Å². The summed E-state index contributed by atoms with van der Waals surface area (Å²) in [7, 11) is 1.63. The van der Waals surface area contributed by atoms with E-state index in [0.29, 0.717) is 13.0 Å². The molecule has 0 bridgehead atoms. The van der Waals surface area contributed by atoms with E-state index in [1.54, 1.807) is 24.6 Å². The molecule has 184 valence electrons. The second-order valence-corrected chi connectivity index (χ2v) is 9.91. The van der Waals surface area contributed by atoms with Crippen LogP contribution in [0.25, 0.3) is 10.9 Å². The first-order valence-electron chi connectivity index (χ1n) is 11.9. The molecule has 3 N–H and O–H groups in total. The van der Waals surface area contributed by atoms with Gasteiger partial charge >= 0.3 is 5.97 Å². The summed E-state index contributed by atoms with van der Waals surface area (Å²) in [5.74, 6) is 6.71. The molecule has 7 nitrogen and oxygen atoms in total. The van der Waals surface area contributed by atoms with Crippen molar-refractivity contribution in [3.63, 3.8) is 0 Å². The zero-order valence-electron chi connectivity index (χ0n) is 19.8. The number of methoxy groups -OCH3 is 1. The summed E-state index contributed by atoms with van der Waals surface area (Å²) in [6, 6.07) is 11.3. The number of nitrogens with zero attached hydrogens (tertiary/aromatic N) is 2. The number of hydrogen-bond acceptors (Lipinski definition) is 7. The van der Waals surface area contributed by atoms with Gasteiger partial charge in [0.25, 0.3) is 0 Å². The van der Waals surface area contributed by atoms with Gasteiger partial charge < -0.3 is 15.1 Å². The van der Waals surface area contributed by atoms with Crippen LogP contribution in [-0.4, -0.2) is 52.9 Å². The summed E-state index contributed by atoms with van der Waals surface area (Å²) in [5.41, 5.74) is 4.27. The van der Waals surface area contributed by atoms with Gasteiger partial charge in [-0.05, 0) is 78.9 Å². The molecule has 3 heterocycles. The molecule has 3 atom stereocenters. The average molecular weight is 494 g/mol. The van der Waals surface area contributed by atoms with E-state index < -0.39 is 5.97 Å². The zero-order valence-corrected chi connectivity index (χ0v) is 20.6. The number of aromatic nitrogens is 1. The number of hydrogen-bond donors (Lipinski definition) is 3. The third-order valence-corrected chi connectivity index (χ3v) is 7.57. The van der Waals surface area contributed by atoms with Gasteiger partial charge in [-0.15, -0.1) is 11.3 Å². The Bertz CT molecular complexity index is 1190. The number of carbonyl (C=O) groups is 1.